The van der Waals surface area contributed by atoms with Gasteiger partial charge in [-0.05, 0) is 30.7 Å². The number of carbonyl (C=O) groups excluding carboxylic acids is 1. The number of aliphatic hydroxyl groups is 1. The van der Waals surface area contributed by atoms with Gasteiger partial charge >= 0.3 is 5.97 Å². The number of carbonyl (C=O) groups is 1. The molecule has 11 heteroatoms. The number of ether oxygens (including phenoxy) is 1. The summed E-state index contributed by atoms with van der Waals surface area (Å²) < 4.78 is 48.0. The summed E-state index contributed by atoms with van der Waals surface area (Å²) in [6.45, 7) is 1.95. The van der Waals surface area contributed by atoms with Crippen LogP contribution < -0.4 is 0 Å². The van der Waals surface area contributed by atoms with Crippen molar-refractivity contribution in [3.63, 3.8) is 0 Å². The molecule has 1 N–H and O–H groups in total. The summed E-state index contributed by atoms with van der Waals surface area (Å²) in [5.74, 6) is -6.60. The molecule has 0 saturated heterocycles. The molecule has 1 aromatic heterocycles. The van der Waals surface area contributed by atoms with Crippen LogP contribution in [0.3, 0.4) is 0 Å². The fourth-order valence-electron chi connectivity index (χ4n) is 2.64. The molecule has 32 heavy (non-hydrogen) atoms. The fraction of sp³-hybridized carbons (Fsp3) is 0.143. The lowest BCUT2D eigenvalue weighted by atomic mass is 10.1. The Morgan fingerprint density at radius 3 is 2.59 bits per heavy atom. The van der Waals surface area contributed by atoms with E-state index in [9.17, 15) is 23.1 Å². The molecule has 0 aliphatic rings. The molecule has 0 radical (unpaired) electrons. The molecule has 0 spiro atoms. The highest BCUT2D eigenvalue weighted by atomic mass is 35.5. The van der Waals surface area contributed by atoms with Crippen LogP contribution in [-0.2, 0) is 16.1 Å². The number of nitrogens with zero attached hydrogens (tertiary/aromatic N) is 4. The second kappa shape index (κ2) is 10.1. The first-order chi connectivity index (χ1) is 15.3. The summed E-state index contributed by atoms with van der Waals surface area (Å²) in [5, 5.41) is 16.9. The monoisotopic (exact) mass is 464 g/mol. The fourth-order valence-corrected chi connectivity index (χ4v) is 2.83. The number of esters is 1. The number of aromatic nitrogens is 3. The summed E-state index contributed by atoms with van der Waals surface area (Å²) in [6.07, 6.45) is 4.20. The molecule has 0 unspecified atom stereocenters. The zero-order chi connectivity index (χ0) is 23.3. The van der Waals surface area contributed by atoms with Gasteiger partial charge in [-0.25, -0.2) is 22.6 Å². The molecular formula is C21H16ClF3N4O3. The molecular weight excluding hydrogens is 449 g/mol. The maximum Gasteiger partial charge on any atom is 0.343 e. The van der Waals surface area contributed by atoms with Gasteiger partial charge in [0.1, 0.15) is 16.4 Å². The van der Waals surface area contributed by atoms with Gasteiger partial charge in [-0.2, -0.15) is 0 Å². The lowest BCUT2D eigenvalue weighted by molar-refractivity contribution is -0.137. The number of halogens is 4. The van der Waals surface area contributed by atoms with Gasteiger partial charge in [-0.1, -0.05) is 28.9 Å². The molecule has 0 amide bonds. The van der Waals surface area contributed by atoms with Gasteiger partial charge in [0.15, 0.2) is 17.5 Å². The van der Waals surface area contributed by atoms with Crippen LogP contribution in [0.25, 0.3) is 5.76 Å². The number of hydrogen-bond donors (Lipinski definition) is 1. The average molecular weight is 465 g/mol. The second-order valence-corrected chi connectivity index (χ2v) is 6.73. The van der Waals surface area contributed by atoms with E-state index in [0.717, 1.165) is 11.8 Å². The minimum absolute atomic E-state index is 0.0541. The van der Waals surface area contributed by atoms with Gasteiger partial charge in [0, 0.05) is 12.4 Å². The highest BCUT2D eigenvalue weighted by Gasteiger charge is 2.24. The standard InChI is InChI=1S/C21H16ClF3N4O3/c1-2-32-21(31)15(20(30)14-9-16(23)19(25)17(22)18(14)24)10-26-13-5-3-12(4-6-13)11-29-8-7-27-28-29/h3-10,30H,2,11H2,1H3. The molecule has 166 valence electrons. The predicted octanol–water partition coefficient (Wildman–Crippen LogP) is 4.63. The SMILES string of the molecule is CCOC(=O)C(C=Nc1ccc(Cn2ccnn2)cc1)=C(O)c1cc(F)c(F)c(Cl)c1F. The van der Waals surface area contributed by atoms with Crippen LogP contribution in [0.4, 0.5) is 18.9 Å². The number of aliphatic imine (C=N–C) groups is 1. The van der Waals surface area contributed by atoms with Crippen LogP contribution in [0.5, 0.6) is 0 Å². The lowest BCUT2D eigenvalue weighted by Crippen LogP contribution is -2.12. The van der Waals surface area contributed by atoms with Crippen molar-refractivity contribution in [3.8, 4) is 0 Å². The van der Waals surface area contributed by atoms with Gasteiger partial charge in [-0.3, -0.25) is 4.99 Å². The Morgan fingerprint density at radius 2 is 1.97 bits per heavy atom. The van der Waals surface area contributed by atoms with Gasteiger partial charge in [0.2, 0.25) is 0 Å². The third-order valence-electron chi connectivity index (χ3n) is 4.20. The van der Waals surface area contributed by atoms with Crippen LogP contribution >= 0.6 is 11.6 Å². The number of benzene rings is 2. The van der Waals surface area contributed by atoms with Gasteiger partial charge in [0.25, 0.3) is 0 Å². The van der Waals surface area contributed by atoms with E-state index in [1.807, 2.05) is 0 Å². The van der Waals surface area contributed by atoms with E-state index >= 15 is 0 Å². The van der Waals surface area contributed by atoms with Crippen molar-refractivity contribution in [1.29, 1.82) is 0 Å². The molecule has 3 aromatic rings. The van der Waals surface area contributed by atoms with Crippen LogP contribution in [0.2, 0.25) is 5.02 Å². The Kier molecular flexibility index (Phi) is 7.26. The van der Waals surface area contributed by atoms with Crippen LogP contribution in [0.1, 0.15) is 18.1 Å². The van der Waals surface area contributed by atoms with E-state index in [4.69, 9.17) is 16.3 Å². The Morgan fingerprint density at radius 1 is 1.25 bits per heavy atom. The molecule has 2 aromatic carbocycles. The average Bonchev–Trinajstić information content (AvgIpc) is 3.29. The predicted molar refractivity (Wildman–Crippen MR) is 111 cm³/mol. The quantitative estimate of drug-likeness (QED) is 0.137. The first-order valence-electron chi connectivity index (χ1n) is 9.22. The normalized spacial score (nSPS) is 12.2. The third-order valence-corrected chi connectivity index (χ3v) is 4.54. The van der Waals surface area contributed by atoms with Crippen molar-refractivity contribution in [2.75, 3.05) is 6.61 Å². The van der Waals surface area contributed by atoms with E-state index < -0.39 is 45.3 Å². The van der Waals surface area contributed by atoms with Crippen molar-refractivity contribution in [2.45, 2.75) is 13.5 Å². The largest absolute Gasteiger partial charge is 0.506 e. The van der Waals surface area contributed by atoms with E-state index in [-0.39, 0.29) is 6.61 Å². The summed E-state index contributed by atoms with van der Waals surface area (Å²) in [4.78, 5) is 16.4. The molecule has 0 saturated carbocycles. The van der Waals surface area contributed by atoms with Crippen LogP contribution in [0, 0.1) is 17.5 Å². The molecule has 0 bridgehead atoms. The van der Waals surface area contributed by atoms with E-state index in [1.165, 1.54) is 6.92 Å². The Bertz CT molecular complexity index is 1180. The van der Waals surface area contributed by atoms with Crippen molar-refractivity contribution < 1.29 is 27.8 Å². The van der Waals surface area contributed by atoms with E-state index in [2.05, 4.69) is 15.3 Å². The topological polar surface area (TPSA) is 89.6 Å². The molecule has 3 rings (SSSR count). The maximum atomic E-state index is 14.3. The van der Waals surface area contributed by atoms with E-state index in [1.54, 1.807) is 41.3 Å². The van der Waals surface area contributed by atoms with Crippen LogP contribution in [0.15, 0.2) is 53.3 Å². The molecule has 7 nitrogen and oxygen atoms in total. The number of hydrogen-bond acceptors (Lipinski definition) is 6. The van der Waals surface area contributed by atoms with Gasteiger partial charge in [-0.15, -0.1) is 5.10 Å². The summed E-state index contributed by atoms with van der Waals surface area (Å²) in [5.41, 5.74) is -0.0891. The molecule has 0 fully saturated rings. The summed E-state index contributed by atoms with van der Waals surface area (Å²) >= 11 is 5.43. The highest BCUT2D eigenvalue weighted by molar-refractivity contribution is 6.31. The molecule has 0 aliphatic carbocycles. The second-order valence-electron chi connectivity index (χ2n) is 6.36. The zero-order valence-electron chi connectivity index (χ0n) is 16.6. The Balaban J connectivity index is 1.94. The molecule has 1 heterocycles. The first-order valence-corrected chi connectivity index (χ1v) is 9.60. The molecule has 0 atom stereocenters. The Labute approximate surface area is 185 Å². The first kappa shape index (κ1) is 23.0. The summed E-state index contributed by atoms with van der Waals surface area (Å²) in [7, 11) is 0. The van der Waals surface area contributed by atoms with Gasteiger partial charge < -0.3 is 9.84 Å². The third kappa shape index (κ3) is 5.14. The highest BCUT2D eigenvalue weighted by Crippen LogP contribution is 2.29. The van der Waals surface area contributed by atoms with Crippen molar-refractivity contribution >= 4 is 35.2 Å². The summed E-state index contributed by atoms with van der Waals surface area (Å²) in [6, 6.07) is 7.18. The Hall–Kier alpha value is -3.66. The van der Waals surface area contributed by atoms with Crippen LogP contribution in [-0.4, -0.2) is 38.9 Å². The zero-order valence-corrected chi connectivity index (χ0v) is 17.4. The molecule has 0 aliphatic heterocycles. The smallest absolute Gasteiger partial charge is 0.343 e. The van der Waals surface area contributed by atoms with Crippen molar-refractivity contribution in [2.24, 2.45) is 4.99 Å². The van der Waals surface area contributed by atoms with Crippen molar-refractivity contribution in [3.05, 3.63) is 81.9 Å². The lowest BCUT2D eigenvalue weighted by Gasteiger charge is -2.09. The number of rotatable bonds is 7. The maximum absolute atomic E-state index is 14.3. The van der Waals surface area contributed by atoms with Crippen molar-refractivity contribution in [1.82, 2.24) is 15.0 Å². The minimum atomic E-state index is -1.61. The van der Waals surface area contributed by atoms with Gasteiger partial charge in [0.05, 0.1) is 30.6 Å². The van der Waals surface area contributed by atoms with E-state index in [0.29, 0.717) is 18.3 Å². The number of aliphatic hydroxyl groups excluding tert-OH is 1. The minimum Gasteiger partial charge on any atom is -0.506 e.